The number of hydrogen-bond donors (Lipinski definition) is 2. The highest BCUT2D eigenvalue weighted by Gasteiger charge is 2.22. The van der Waals surface area contributed by atoms with Crippen LogP contribution >= 0.6 is 0 Å². The van der Waals surface area contributed by atoms with Crippen LogP contribution in [0.4, 0.5) is 0 Å². The standard InChI is InChI=1S/C13H22N2O/c1-15-8-4-7-12(15)9-14-10-13(16)11-5-2-3-6-11/h4,7-8,11,13-14,16H,2-3,5-6,9-10H2,1H3. The summed E-state index contributed by atoms with van der Waals surface area (Å²) < 4.78 is 2.11. The van der Waals surface area contributed by atoms with E-state index in [1.54, 1.807) is 0 Å². The van der Waals surface area contributed by atoms with E-state index < -0.39 is 0 Å². The van der Waals surface area contributed by atoms with Crippen LogP contribution in [0.3, 0.4) is 0 Å². The Balaban J connectivity index is 1.69. The first kappa shape index (κ1) is 11.7. The van der Waals surface area contributed by atoms with E-state index in [1.807, 2.05) is 19.3 Å². The predicted molar refractivity (Wildman–Crippen MR) is 65.1 cm³/mol. The summed E-state index contributed by atoms with van der Waals surface area (Å²) in [6, 6.07) is 4.15. The topological polar surface area (TPSA) is 37.2 Å². The summed E-state index contributed by atoms with van der Waals surface area (Å²) in [5.74, 6) is 0.529. The van der Waals surface area contributed by atoms with E-state index in [-0.39, 0.29) is 6.10 Å². The summed E-state index contributed by atoms with van der Waals surface area (Å²) in [4.78, 5) is 0. The summed E-state index contributed by atoms with van der Waals surface area (Å²) in [6.45, 7) is 1.56. The molecule has 3 nitrogen and oxygen atoms in total. The Kier molecular flexibility index (Phi) is 4.02. The van der Waals surface area contributed by atoms with Gasteiger partial charge >= 0.3 is 0 Å². The average molecular weight is 222 g/mol. The SMILES string of the molecule is Cn1cccc1CNCC(O)C1CCCC1. The maximum Gasteiger partial charge on any atom is 0.0692 e. The maximum atomic E-state index is 9.98. The van der Waals surface area contributed by atoms with Crippen LogP contribution in [-0.2, 0) is 13.6 Å². The fraction of sp³-hybridized carbons (Fsp3) is 0.692. The van der Waals surface area contributed by atoms with E-state index >= 15 is 0 Å². The molecule has 1 atom stereocenters. The quantitative estimate of drug-likeness (QED) is 0.795. The van der Waals surface area contributed by atoms with Gasteiger partial charge in [0.2, 0.25) is 0 Å². The summed E-state index contributed by atoms with van der Waals surface area (Å²) in [6.07, 6.45) is 6.87. The van der Waals surface area contributed by atoms with Crippen LogP contribution in [0.15, 0.2) is 18.3 Å². The third-order valence-electron chi connectivity index (χ3n) is 3.65. The molecule has 1 aliphatic rings. The Morgan fingerprint density at radius 1 is 1.50 bits per heavy atom. The lowest BCUT2D eigenvalue weighted by Crippen LogP contribution is -2.31. The van der Waals surface area contributed by atoms with Crippen LogP contribution < -0.4 is 5.32 Å². The molecule has 1 unspecified atom stereocenters. The normalized spacial score (nSPS) is 19.1. The molecule has 90 valence electrons. The molecule has 0 spiro atoms. The molecule has 1 aliphatic carbocycles. The molecule has 0 aromatic carbocycles. The van der Waals surface area contributed by atoms with Gasteiger partial charge in [-0.1, -0.05) is 12.8 Å². The van der Waals surface area contributed by atoms with Crippen molar-refractivity contribution in [3.8, 4) is 0 Å². The van der Waals surface area contributed by atoms with Gasteiger partial charge in [0, 0.05) is 32.0 Å². The molecular formula is C13H22N2O. The van der Waals surface area contributed by atoms with Gasteiger partial charge in [-0.15, -0.1) is 0 Å². The van der Waals surface area contributed by atoms with Crippen LogP contribution in [0, 0.1) is 5.92 Å². The van der Waals surface area contributed by atoms with Gasteiger partial charge in [-0.25, -0.2) is 0 Å². The summed E-state index contributed by atoms with van der Waals surface area (Å²) in [5, 5.41) is 13.3. The van der Waals surface area contributed by atoms with Gasteiger partial charge in [-0.3, -0.25) is 0 Å². The lowest BCUT2D eigenvalue weighted by Gasteiger charge is -2.18. The van der Waals surface area contributed by atoms with Gasteiger partial charge < -0.3 is 15.0 Å². The zero-order valence-corrected chi connectivity index (χ0v) is 10.0. The Hall–Kier alpha value is -0.800. The third kappa shape index (κ3) is 2.86. The summed E-state index contributed by atoms with van der Waals surface area (Å²) >= 11 is 0. The van der Waals surface area contributed by atoms with Crippen molar-refractivity contribution < 1.29 is 5.11 Å². The summed E-state index contributed by atoms with van der Waals surface area (Å²) in [7, 11) is 2.05. The summed E-state index contributed by atoms with van der Waals surface area (Å²) in [5.41, 5.74) is 1.26. The van der Waals surface area contributed by atoms with Crippen LogP contribution in [-0.4, -0.2) is 22.3 Å². The fourth-order valence-corrected chi connectivity index (χ4v) is 2.54. The average Bonchev–Trinajstić information content (AvgIpc) is 2.90. The van der Waals surface area contributed by atoms with Gasteiger partial charge in [0.05, 0.1) is 6.10 Å². The third-order valence-corrected chi connectivity index (χ3v) is 3.65. The fourth-order valence-electron chi connectivity index (χ4n) is 2.54. The molecule has 1 aromatic heterocycles. The molecule has 2 rings (SSSR count). The number of hydrogen-bond acceptors (Lipinski definition) is 2. The molecule has 16 heavy (non-hydrogen) atoms. The number of rotatable bonds is 5. The van der Waals surface area contributed by atoms with Crippen molar-refractivity contribution in [2.24, 2.45) is 13.0 Å². The van der Waals surface area contributed by atoms with Crippen molar-refractivity contribution in [2.75, 3.05) is 6.54 Å². The van der Waals surface area contributed by atoms with Gasteiger partial charge in [0.25, 0.3) is 0 Å². The Morgan fingerprint density at radius 3 is 2.88 bits per heavy atom. The van der Waals surface area contributed by atoms with E-state index in [1.165, 1.54) is 31.4 Å². The Labute approximate surface area is 97.5 Å². The number of nitrogens with zero attached hydrogens (tertiary/aromatic N) is 1. The zero-order valence-electron chi connectivity index (χ0n) is 10.0. The van der Waals surface area contributed by atoms with E-state index in [4.69, 9.17) is 0 Å². The molecule has 0 saturated heterocycles. The minimum absolute atomic E-state index is 0.164. The van der Waals surface area contributed by atoms with Crippen LogP contribution in [0.25, 0.3) is 0 Å². The Bertz CT molecular complexity index is 315. The molecule has 1 heterocycles. The van der Waals surface area contributed by atoms with Gasteiger partial charge in [0.15, 0.2) is 0 Å². The van der Waals surface area contributed by atoms with Crippen molar-refractivity contribution in [2.45, 2.75) is 38.3 Å². The van der Waals surface area contributed by atoms with Gasteiger partial charge in [-0.2, -0.15) is 0 Å². The largest absolute Gasteiger partial charge is 0.392 e. The van der Waals surface area contributed by atoms with Crippen LogP contribution in [0.1, 0.15) is 31.4 Å². The molecule has 1 saturated carbocycles. The molecule has 0 amide bonds. The van der Waals surface area contributed by atoms with Gasteiger partial charge in [0.1, 0.15) is 0 Å². The smallest absolute Gasteiger partial charge is 0.0692 e. The van der Waals surface area contributed by atoms with Crippen molar-refractivity contribution >= 4 is 0 Å². The minimum Gasteiger partial charge on any atom is -0.392 e. The van der Waals surface area contributed by atoms with Crippen LogP contribution in [0.5, 0.6) is 0 Å². The van der Waals surface area contributed by atoms with Crippen molar-refractivity contribution in [1.82, 2.24) is 9.88 Å². The number of aromatic nitrogens is 1. The molecule has 2 N–H and O–H groups in total. The van der Waals surface area contributed by atoms with Crippen molar-refractivity contribution in [3.05, 3.63) is 24.0 Å². The monoisotopic (exact) mass is 222 g/mol. The second-order valence-electron chi connectivity index (χ2n) is 4.85. The molecule has 1 fully saturated rings. The number of aliphatic hydroxyl groups excluding tert-OH is 1. The minimum atomic E-state index is -0.164. The highest BCUT2D eigenvalue weighted by atomic mass is 16.3. The first-order valence-corrected chi connectivity index (χ1v) is 6.26. The zero-order chi connectivity index (χ0) is 11.4. The lowest BCUT2D eigenvalue weighted by molar-refractivity contribution is 0.109. The molecular weight excluding hydrogens is 200 g/mol. The first-order chi connectivity index (χ1) is 7.77. The lowest BCUT2D eigenvalue weighted by atomic mass is 10.0. The van der Waals surface area contributed by atoms with E-state index in [0.717, 1.165) is 13.1 Å². The van der Waals surface area contributed by atoms with Gasteiger partial charge in [-0.05, 0) is 30.9 Å². The molecule has 3 heteroatoms. The first-order valence-electron chi connectivity index (χ1n) is 6.26. The molecule has 0 aliphatic heterocycles. The highest BCUT2D eigenvalue weighted by molar-refractivity contribution is 5.05. The molecule has 0 bridgehead atoms. The molecule has 1 aromatic rings. The highest BCUT2D eigenvalue weighted by Crippen LogP contribution is 2.27. The second kappa shape index (κ2) is 5.51. The Morgan fingerprint density at radius 2 is 2.25 bits per heavy atom. The van der Waals surface area contributed by atoms with E-state index in [2.05, 4.69) is 16.0 Å². The maximum absolute atomic E-state index is 9.98. The molecule has 0 radical (unpaired) electrons. The van der Waals surface area contributed by atoms with E-state index in [0.29, 0.717) is 5.92 Å². The number of nitrogens with one attached hydrogen (secondary N) is 1. The van der Waals surface area contributed by atoms with Crippen LogP contribution in [0.2, 0.25) is 0 Å². The van der Waals surface area contributed by atoms with Crippen molar-refractivity contribution in [3.63, 3.8) is 0 Å². The van der Waals surface area contributed by atoms with Crippen molar-refractivity contribution in [1.29, 1.82) is 0 Å². The van der Waals surface area contributed by atoms with E-state index in [9.17, 15) is 5.11 Å². The number of aryl methyl sites for hydroxylation is 1. The predicted octanol–water partition coefficient (Wildman–Crippen LogP) is 1.67. The number of aliphatic hydroxyl groups is 1. The second-order valence-corrected chi connectivity index (χ2v) is 4.85.